The lowest BCUT2D eigenvalue weighted by Crippen LogP contribution is -2.08. The Morgan fingerprint density at radius 3 is 2.25 bits per heavy atom. The topological polar surface area (TPSA) is 60.2 Å². The molecule has 0 radical (unpaired) electrons. The number of benzene rings is 2. The number of aryl methyl sites for hydroxylation is 1. The molecule has 2 rings (SSSR count). The molecular weight excluding hydrogens is 317 g/mol. The second-order valence-electron chi connectivity index (χ2n) is 4.48. The summed E-state index contributed by atoms with van der Waals surface area (Å²) < 4.78 is 25.0. The van der Waals surface area contributed by atoms with Gasteiger partial charge in [0.2, 0.25) is 0 Å². The summed E-state index contributed by atoms with van der Waals surface area (Å²) in [6.45, 7) is 1.71. The molecule has 0 aliphatic carbocycles. The maximum Gasteiger partial charge on any atom is 0.182 e. The first kappa shape index (κ1) is 15.2. The van der Waals surface area contributed by atoms with E-state index in [1.165, 1.54) is 6.07 Å². The highest BCUT2D eigenvalue weighted by Gasteiger charge is 2.20. The summed E-state index contributed by atoms with van der Waals surface area (Å²) in [6.07, 6.45) is 0. The van der Waals surface area contributed by atoms with Crippen molar-refractivity contribution in [2.24, 2.45) is 0 Å². The number of nitrogens with two attached hydrogens (primary N) is 1. The molecule has 3 nitrogen and oxygen atoms in total. The molecule has 0 fully saturated rings. The van der Waals surface area contributed by atoms with Crippen molar-refractivity contribution in [3.8, 4) is 0 Å². The van der Waals surface area contributed by atoms with Crippen LogP contribution >= 0.6 is 23.2 Å². The summed E-state index contributed by atoms with van der Waals surface area (Å²) in [5, 5.41) is 0.684. The summed E-state index contributed by atoms with van der Waals surface area (Å²) in [5.41, 5.74) is 7.17. The molecule has 0 saturated heterocycles. The van der Waals surface area contributed by atoms with E-state index in [1.54, 1.807) is 37.3 Å². The third kappa shape index (κ3) is 3.08. The fourth-order valence-corrected chi connectivity index (χ4v) is 4.32. The standard InChI is InChI=1S/C14H13Cl2NO2S/c1-9-7-10(17)5-6-14(9)20(18,19)8-11-12(15)3-2-4-13(11)16/h2-7H,8,17H2,1H3. The first-order valence-electron chi connectivity index (χ1n) is 5.83. The Bertz CT molecular complexity index is 738. The quantitative estimate of drug-likeness (QED) is 0.870. The number of hydrogen-bond acceptors (Lipinski definition) is 3. The zero-order valence-electron chi connectivity index (χ0n) is 10.7. The number of rotatable bonds is 3. The lowest BCUT2D eigenvalue weighted by atomic mass is 10.2. The van der Waals surface area contributed by atoms with Crippen molar-refractivity contribution >= 4 is 38.7 Å². The minimum absolute atomic E-state index is 0.239. The third-order valence-corrected chi connectivity index (χ3v) is 5.44. The number of halogens is 2. The first-order valence-corrected chi connectivity index (χ1v) is 8.24. The minimum atomic E-state index is -3.53. The van der Waals surface area contributed by atoms with Crippen molar-refractivity contribution in [1.29, 1.82) is 0 Å². The predicted molar refractivity (Wildman–Crippen MR) is 82.9 cm³/mol. The van der Waals surface area contributed by atoms with Gasteiger partial charge in [0.25, 0.3) is 0 Å². The van der Waals surface area contributed by atoms with Crippen molar-refractivity contribution < 1.29 is 8.42 Å². The summed E-state index contributed by atoms with van der Waals surface area (Å²) in [4.78, 5) is 0.239. The van der Waals surface area contributed by atoms with Crippen LogP contribution in [-0.2, 0) is 15.6 Å². The minimum Gasteiger partial charge on any atom is -0.399 e. The normalized spacial score (nSPS) is 11.6. The molecule has 2 aromatic rings. The molecule has 0 unspecified atom stereocenters. The van der Waals surface area contributed by atoms with Gasteiger partial charge in [0.05, 0.1) is 10.6 Å². The second kappa shape index (κ2) is 5.64. The van der Waals surface area contributed by atoms with Crippen LogP contribution in [0.3, 0.4) is 0 Å². The largest absolute Gasteiger partial charge is 0.399 e. The molecule has 20 heavy (non-hydrogen) atoms. The van der Waals surface area contributed by atoms with Gasteiger partial charge in [0.15, 0.2) is 9.84 Å². The smallest absolute Gasteiger partial charge is 0.182 e. The van der Waals surface area contributed by atoms with Crippen LogP contribution < -0.4 is 5.73 Å². The highest BCUT2D eigenvalue weighted by molar-refractivity contribution is 7.90. The molecule has 0 spiro atoms. The monoisotopic (exact) mass is 329 g/mol. The van der Waals surface area contributed by atoms with Crippen LogP contribution in [0.2, 0.25) is 10.0 Å². The van der Waals surface area contributed by atoms with Gasteiger partial charge in [0.1, 0.15) is 0 Å². The van der Waals surface area contributed by atoms with Crippen LogP contribution in [0.1, 0.15) is 11.1 Å². The Balaban J connectivity index is 2.46. The van der Waals surface area contributed by atoms with Crippen molar-refractivity contribution in [3.05, 3.63) is 57.6 Å². The molecule has 2 N–H and O–H groups in total. The van der Waals surface area contributed by atoms with Gasteiger partial charge in [0, 0.05) is 21.3 Å². The van der Waals surface area contributed by atoms with Crippen molar-refractivity contribution in [1.82, 2.24) is 0 Å². The van der Waals surface area contributed by atoms with E-state index >= 15 is 0 Å². The Hall–Kier alpha value is -1.23. The van der Waals surface area contributed by atoms with E-state index in [0.29, 0.717) is 26.9 Å². The van der Waals surface area contributed by atoms with Gasteiger partial charge in [-0.3, -0.25) is 0 Å². The first-order chi connectivity index (χ1) is 9.31. The molecule has 6 heteroatoms. The Labute approximate surface area is 128 Å². The molecular formula is C14H13Cl2NO2S. The maximum atomic E-state index is 12.5. The predicted octanol–water partition coefficient (Wildman–Crippen LogP) is 3.86. The second-order valence-corrected chi connectivity index (χ2v) is 7.26. The van der Waals surface area contributed by atoms with E-state index in [4.69, 9.17) is 28.9 Å². The van der Waals surface area contributed by atoms with Crippen LogP contribution in [0.5, 0.6) is 0 Å². The highest BCUT2D eigenvalue weighted by atomic mass is 35.5. The van der Waals surface area contributed by atoms with Crippen LogP contribution in [-0.4, -0.2) is 8.42 Å². The Morgan fingerprint density at radius 1 is 1.10 bits per heavy atom. The summed E-state index contributed by atoms with van der Waals surface area (Å²) in [6, 6.07) is 9.61. The SMILES string of the molecule is Cc1cc(N)ccc1S(=O)(=O)Cc1c(Cl)cccc1Cl. The van der Waals surface area contributed by atoms with E-state index in [0.717, 1.165) is 0 Å². The van der Waals surface area contributed by atoms with E-state index in [9.17, 15) is 8.42 Å². The molecule has 0 aliphatic heterocycles. The van der Waals surface area contributed by atoms with E-state index < -0.39 is 9.84 Å². The lowest BCUT2D eigenvalue weighted by molar-refractivity contribution is 0.594. The van der Waals surface area contributed by atoms with Gasteiger partial charge >= 0.3 is 0 Å². The summed E-state index contributed by atoms with van der Waals surface area (Å²) >= 11 is 12.0. The number of hydrogen-bond donors (Lipinski definition) is 1. The molecule has 0 saturated carbocycles. The van der Waals surface area contributed by atoms with Gasteiger partial charge in [-0.2, -0.15) is 0 Å². The summed E-state index contributed by atoms with van der Waals surface area (Å²) in [7, 11) is -3.53. The van der Waals surface area contributed by atoms with Gasteiger partial charge in [-0.1, -0.05) is 29.3 Å². The van der Waals surface area contributed by atoms with Crippen LogP contribution in [0.4, 0.5) is 5.69 Å². The number of sulfone groups is 1. The molecule has 2 aromatic carbocycles. The number of anilines is 1. The van der Waals surface area contributed by atoms with E-state index in [-0.39, 0.29) is 10.6 Å². The van der Waals surface area contributed by atoms with E-state index in [1.807, 2.05) is 0 Å². The van der Waals surface area contributed by atoms with Gasteiger partial charge < -0.3 is 5.73 Å². The average Bonchev–Trinajstić information content (AvgIpc) is 2.33. The van der Waals surface area contributed by atoms with Gasteiger partial charge in [-0.05, 0) is 42.8 Å². The fourth-order valence-electron chi connectivity index (χ4n) is 1.96. The molecule has 106 valence electrons. The van der Waals surface area contributed by atoms with Crippen molar-refractivity contribution in [3.63, 3.8) is 0 Å². The highest BCUT2D eigenvalue weighted by Crippen LogP contribution is 2.29. The summed E-state index contributed by atoms with van der Waals surface area (Å²) in [5.74, 6) is -0.240. The van der Waals surface area contributed by atoms with E-state index in [2.05, 4.69) is 0 Å². The average molecular weight is 330 g/mol. The number of nitrogen functional groups attached to an aromatic ring is 1. The van der Waals surface area contributed by atoms with Crippen molar-refractivity contribution in [2.75, 3.05) is 5.73 Å². The lowest BCUT2D eigenvalue weighted by Gasteiger charge is -2.10. The Morgan fingerprint density at radius 2 is 1.70 bits per heavy atom. The third-order valence-electron chi connectivity index (χ3n) is 2.93. The zero-order chi connectivity index (χ0) is 14.9. The van der Waals surface area contributed by atoms with Gasteiger partial charge in [-0.15, -0.1) is 0 Å². The van der Waals surface area contributed by atoms with Crippen LogP contribution in [0, 0.1) is 6.92 Å². The van der Waals surface area contributed by atoms with Crippen LogP contribution in [0.25, 0.3) is 0 Å². The molecule has 0 aromatic heterocycles. The maximum absolute atomic E-state index is 12.5. The fraction of sp³-hybridized carbons (Fsp3) is 0.143. The van der Waals surface area contributed by atoms with Gasteiger partial charge in [-0.25, -0.2) is 8.42 Å². The van der Waals surface area contributed by atoms with Crippen LogP contribution in [0.15, 0.2) is 41.3 Å². The Kier molecular flexibility index (Phi) is 4.28. The molecule has 0 bridgehead atoms. The molecule has 0 atom stereocenters. The molecule has 0 aliphatic rings. The zero-order valence-corrected chi connectivity index (χ0v) is 13.1. The van der Waals surface area contributed by atoms with Crippen molar-refractivity contribution in [2.45, 2.75) is 17.6 Å². The molecule has 0 heterocycles. The molecule has 0 amide bonds.